The summed E-state index contributed by atoms with van der Waals surface area (Å²) >= 11 is 8.70. The Morgan fingerprint density at radius 2 is 2.06 bits per heavy atom. The van der Waals surface area contributed by atoms with Crippen molar-refractivity contribution < 1.29 is 18.0 Å². The maximum Gasteiger partial charge on any atom is 0.416 e. The first-order valence-corrected chi connectivity index (χ1v) is 5.83. The van der Waals surface area contributed by atoms with Crippen LogP contribution in [0.3, 0.4) is 0 Å². The summed E-state index contributed by atoms with van der Waals surface area (Å²) in [4.78, 5) is 10.8. The van der Waals surface area contributed by atoms with Gasteiger partial charge in [-0.15, -0.1) is 0 Å². The lowest BCUT2D eigenvalue weighted by Crippen LogP contribution is -2.20. The molecule has 1 aromatic carbocycles. The summed E-state index contributed by atoms with van der Waals surface area (Å²) in [5, 5.41) is 2.36. The van der Waals surface area contributed by atoms with Gasteiger partial charge < -0.3 is 5.32 Å². The second kappa shape index (κ2) is 5.27. The number of carbonyl (C=O) groups is 1. The fourth-order valence-corrected chi connectivity index (χ4v) is 1.31. The number of hydrogen-bond donors (Lipinski definition) is 1. The van der Waals surface area contributed by atoms with Gasteiger partial charge in [-0.25, -0.2) is 0 Å². The molecule has 0 saturated carbocycles. The lowest BCUT2D eigenvalue weighted by molar-refractivity contribution is -0.137. The van der Waals surface area contributed by atoms with Gasteiger partial charge in [-0.1, -0.05) is 27.5 Å². The Labute approximate surface area is 109 Å². The maximum atomic E-state index is 12.4. The van der Waals surface area contributed by atoms with Gasteiger partial charge >= 0.3 is 6.18 Å². The van der Waals surface area contributed by atoms with Gasteiger partial charge in [-0.2, -0.15) is 13.2 Å². The number of rotatable bonds is 2. The number of carbonyl (C=O) groups excluding carboxylic acids is 1. The molecule has 0 bridgehead atoms. The van der Waals surface area contributed by atoms with E-state index in [1.54, 1.807) is 6.92 Å². The minimum Gasteiger partial charge on any atom is -0.324 e. The van der Waals surface area contributed by atoms with Crippen LogP contribution in [-0.4, -0.2) is 10.7 Å². The van der Waals surface area contributed by atoms with Gasteiger partial charge in [-0.3, -0.25) is 4.79 Å². The van der Waals surface area contributed by atoms with Crippen LogP contribution in [0, 0.1) is 0 Å². The highest BCUT2D eigenvalue weighted by Gasteiger charge is 2.31. The molecule has 0 radical (unpaired) electrons. The van der Waals surface area contributed by atoms with Crippen molar-refractivity contribution in [3.8, 4) is 0 Å². The maximum absolute atomic E-state index is 12.4. The van der Waals surface area contributed by atoms with Crippen molar-refractivity contribution >= 4 is 39.1 Å². The molecule has 1 rings (SSSR count). The second-order valence-corrected chi connectivity index (χ2v) is 5.08. The van der Waals surface area contributed by atoms with Crippen molar-refractivity contribution in [1.29, 1.82) is 0 Å². The van der Waals surface area contributed by atoms with Gasteiger partial charge in [0.2, 0.25) is 5.91 Å². The molecule has 94 valence electrons. The average Bonchev–Trinajstić information content (AvgIpc) is 2.19. The molecular formula is C10H8BrClF3NO. The van der Waals surface area contributed by atoms with E-state index in [0.717, 1.165) is 18.2 Å². The van der Waals surface area contributed by atoms with E-state index >= 15 is 0 Å². The fraction of sp³-hybridized carbons (Fsp3) is 0.300. The van der Waals surface area contributed by atoms with Crippen LogP contribution in [0.4, 0.5) is 18.9 Å². The Balaban J connectivity index is 3.03. The highest BCUT2D eigenvalue weighted by molar-refractivity contribution is 9.10. The number of amides is 1. The molecule has 0 heterocycles. The van der Waals surface area contributed by atoms with Gasteiger partial charge in [-0.05, 0) is 25.1 Å². The molecule has 0 spiro atoms. The molecule has 2 nitrogen and oxygen atoms in total. The molecule has 0 unspecified atom stereocenters. The molecular weight excluding hydrogens is 322 g/mol. The quantitative estimate of drug-likeness (QED) is 0.813. The van der Waals surface area contributed by atoms with Crippen molar-refractivity contribution in [1.82, 2.24) is 0 Å². The van der Waals surface area contributed by atoms with Crippen molar-refractivity contribution in [2.24, 2.45) is 0 Å². The van der Waals surface area contributed by atoms with Crippen LogP contribution in [0.2, 0.25) is 5.02 Å². The summed E-state index contributed by atoms with van der Waals surface area (Å²) in [6.45, 7) is 1.55. The Morgan fingerprint density at radius 3 is 2.53 bits per heavy atom. The van der Waals surface area contributed by atoms with Gasteiger partial charge in [0.15, 0.2) is 0 Å². The zero-order valence-corrected chi connectivity index (χ0v) is 10.9. The number of anilines is 1. The van der Waals surface area contributed by atoms with Crippen LogP contribution in [0.5, 0.6) is 0 Å². The summed E-state index contributed by atoms with van der Waals surface area (Å²) in [6, 6.07) is 2.75. The Bertz CT molecular complexity index is 434. The largest absolute Gasteiger partial charge is 0.416 e. The topological polar surface area (TPSA) is 29.1 Å². The number of benzene rings is 1. The first-order chi connectivity index (χ1) is 7.71. The molecule has 17 heavy (non-hydrogen) atoms. The number of nitrogens with one attached hydrogen (secondary N) is 1. The highest BCUT2D eigenvalue weighted by atomic mass is 79.9. The molecule has 1 aromatic rings. The third-order valence-corrected chi connectivity index (χ3v) is 2.66. The van der Waals surface area contributed by atoms with Crippen LogP contribution in [0.25, 0.3) is 0 Å². The predicted molar refractivity (Wildman–Crippen MR) is 63.5 cm³/mol. The molecule has 0 saturated heterocycles. The third kappa shape index (κ3) is 3.89. The molecule has 7 heteroatoms. The Kier molecular flexibility index (Phi) is 4.43. The normalized spacial score (nSPS) is 13.3. The van der Waals surface area contributed by atoms with E-state index in [-0.39, 0.29) is 10.7 Å². The van der Waals surface area contributed by atoms with E-state index < -0.39 is 22.5 Å². The monoisotopic (exact) mass is 329 g/mol. The number of alkyl halides is 4. The standard InChI is InChI=1S/C10H8BrClF3NO/c1-5(11)9(17)16-8-4-6(10(13,14)15)2-3-7(8)12/h2-5H,1H3,(H,16,17)/t5-/m1/s1. The van der Waals surface area contributed by atoms with E-state index in [0.29, 0.717) is 0 Å². The molecule has 0 fully saturated rings. The fourth-order valence-electron chi connectivity index (χ4n) is 1.03. The minimum atomic E-state index is -4.47. The average molecular weight is 331 g/mol. The molecule has 0 aliphatic heterocycles. The van der Waals surface area contributed by atoms with Crippen molar-refractivity contribution in [3.63, 3.8) is 0 Å². The lowest BCUT2D eigenvalue weighted by Gasteiger charge is -2.12. The van der Waals surface area contributed by atoms with E-state index in [2.05, 4.69) is 21.2 Å². The van der Waals surface area contributed by atoms with E-state index in [4.69, 9.17) is 11.6 Å². The number of hydrogen-bond acceptors (Lipinski definition) is 1. The van der Waals surface area contributed by atoms with Crippen molar-refractivity contribution in [2.45, 2.75) is 17.9 Å². The molecule has 1 atom stereocenters. The van der Waals surface area contributed by atoms with Crippen LogP contribution in [-0.2, 0) is 11.0 Å². The SMILES string of the molecule is C[C@@H](Br)C(=O)Nc1cc(C(F)(F)F)ccc1Cl. The van der Waals surface area contributed by atoms with E-state index in [1.807, 2.05) is 0 Å². The summed E-state index contributed by atoms with van der Waals surface area (Å²) in [5.74, 6) is -0.466. The zero-order chi connectivity index (χ0) is 13.2. The Morgan fingerprint density at radius 1 is 1.47 bits per heavy atom. The first kappa shape index (κ1) is 14.3. The molecule has 0 aliphatic rings. The highest BCUT2D eigenvalue weighted by Crippen LogP contribution is 2.33. The zero-order valence-electron chi connectivity index (χ0n) is 8.61. The summed E-state index contributed by atoms with van der Waals surface area (Å²) in [5.41, 5.74) is -0.919. The van der Waals surface area contributed by atoms with Gasteiger partial charge in [0.05, 0.1) is 21.1 Å². The molecule has 1 amide bonds. The molecule has 0 aliphatic carbocycles. The van der Waals surface area contributed by atoms with Crippen molar-refractivity contribution in [2.75, 3.05) is 5.32 Å². The first-order valence-electron chi connectivity index (χ1n) is 4.53. The van der Waals surface area contributed by atoms with Gasteiger partial charge in [0, 0.05) is 0 Å². The van der Waals surface area contributed by atoms with E-state index in [1.165, 1.54) is 0 Å². The smallest absolute Gasteiger partial charge is 0.324 e. The number of halogens is 5. The second-order valence-electron chi connectivity index (χ2n) is 3.30. The lowest BCUT2D eigenvalue weighted by atomic mass is 10.2. The molecule has 0 aromatic heterocycles. The third-order valence-electron chi connectivity index (χ3n) is 1.91. The predicted octanol–water partition coefficient (Wildman–Crippen LogP) is 4.08. The molecule has 1 N–H and O–H groups in total. The summed E-state index contributed by atoms with van der Waals surface area (Å²) in [6.07, 6.45) is -4.47. The van der Waals surface area contributed by atoms with Gasteiger partial charge in [0.1, 0.15) is 0 Å². The van der Waals surface area contributed by atoms with E-state index in [9.17, 15) is 18.0 Å². The van der Waals surface area contributed by atoms with Gasteiger partial charge in [0.25, 0.3) is 0 Å². The minimum absolute atomic E-state index is 0.0551. The van der Waals surface area contributed by atoms with Crippen LogP contribution >= 0.6 is 27.5 Å². The van der Waals surface area contributed by atoms with Crippen LogP contribution in [0.15, 0.2) is 18.2 Å². The van der Waals surface area contributed by atoms with Crippen LogP contribution in [0.1, 0.15) is 12.5 Å². The summed E-state index contributed by atoms with van der Waals surface area (Å²) < 4.78 is 37.3. The van der Waals surface area contributed by atoms with Crippen LogP contribution < -0.4 is 5.32 Å². The van der Waals surface area contributed by atoms with Crippen molar-refractivity contribution in [3.05, 3.63) is 28.8 Å². The summed E-state index contributed by atoms with van der Waals surface area (Å²) in [7, 11) is 0. The Hall–Kier alpha value is -0.750.